The quantitative estimate of drug-likeness (QED) is 0.138. The van der Waals surface area contributed by atoms with Crippen LogP contribution in [-0.4, -0.2) is 33.9 Å². The van der Waals surface area contributed by atoms with Crippen molar-refractivity contribution >= 4 is 23.7 Å². The number of hydrogen-bond donors (Lipinski definition) is 2. The smallest absolute Gasteiger partial charge is 0.335 e. The van der Waals surface area contributed by atoms with Gasteiger partial charge in [0.05, 0.1) is 24.0 Å². The molecule has 2 N–H and O–H groups in total. The van der Waals surface area contributed by atoms with Gasteiger partial charge in [0.1, 0.15) is 34.5 Å². The van der Waals surface area contributed by atoms with Crippen molar-refractivity contribution < 1.29 is 48.4 Å². The molecule has 0 saturated heterocycles. The molecular formula is C44H34N2O10. The van der Waals surface area contributed by atoms with Gasteiger partial charge in [-0.05, 0) is 96.1 Å². The number of carboxylic acid groups (broad SMARTS) is 2. The first kappa shape index (κ1) is 36.7. The average molecular weight is 751 g/mol. The number of benzene rings is 6. The normalized spacial score (nSPS) is 15.4. The van der Waals surface area contributed by atoms with Gasteiger partial charge in [0, 0.05) is 0 Å². The number of carbonyl (C=O) groups is 2. The molecule has 0 fully saturated rings. The van der Waals surface area contributed by atoms with Crippen LogP contribution >= 0.6 is 0 Å². The molecule has 56 heavy (non-hydrogen) atoms. The summed E-state index contributed by atoms with van der Waals surface area (Å²) in [5, 5.41) is 26.0. The number of para-hydroxylation sites is 2. The number of rotatable bonds is 10. The summed E-state index contributed by atoms with van der Waals surface area (Å²) in [6.45, 7) is 0. The van der Waals surface area contributed by atoms with E-state index in [1.54, 1.807) is 24.3 Å². The molecule has 0 aromatic heterocycles. The molecular weight excluding hydrogens is 716 g/mol. The van der Waals surface area contributed by atoms with Crippen LogP contribution in [0.3, 0.4) is 0 Å². The zero-order valence-electron chi connectivity index (χ0n) is 29.6. The van der Waals surface area contributed by atoms with Gasteiger partial charge in [-0.15, -0.1) is 0 Å². The van der Waals surface area contributed by atoms with E-state index in [4.69, 9.17) is 38.8 Å². The first-order valence-corrected chi connectivity index (χ1v) is 17.5. The fourth-order valence-corrected chi connectivity index (χ4v) is 5.60. The third-order valence-corrected chi connectivity index (χ3v) is 8.38. The van der Waals surface area contributed by atoms with E-state index in [9.17, 15) is 9.59 Å². The Kier molecular flexibility index (Phi) is 11.5. The van der Waals surface area contributed by atoms with Crippen LogP contribution in [-0.2, 0) is 9.68 Å². The standard InChI is InChI=1S/2C22H17NO5/c2*24-22(25)16-5-4-8-19(13-16)27-21-14-20(28-23-21)15-9-11-18(12-10-15)26-17-6-2-1-3-7-17/h2*1-13,20H,14H2,(H,24,25)/t2*20-/m10/s1. The summed E-state index contributed by atoms with van der Waals surface area (Å²) in [6.07, 6.45) is 0.388. The second-order valence-corrected chi connectivity index (χ2v) is 12.4. The minimum atomic E-state index is -1.01. The summed E-state index contributed by atoms with van der Waals surface area (Å²) in [7, 11) is 0. The molecule has 0 aliphatic carbocycles. The van der Waals surface area contributed by atoms with Gasteiger partial charge in [-0.2, -0.15) is 0 Å². The van der Waals surface area contributed by atoms with E-state index in [1.165, 1.54) is 24.3 Å². The van der Waals surface area contributed by atoms with Gasteiger partial charge in [0.15, 0.2) is 12.2 Å². The molecule has 0 radical (unpaired) electrons. The molecule has 12 heteroatoms. The lowest BCUT2D eigenvalue weighted by Gasteiger charge is -2.10. The Bertz CT molecular complexity index is 2160. The van der Waals surface area contributed by atoms with Crippen LogP contribution in [0.5, 0.6) is 34.5 Å². The van der Waals surface area contributed by atoms with Crippen LogP contribution in [0, 0.1) is 0 Å². The fourth-order valence-electron chi connectivity index (χ4n) is 5.60. The molecule has 6 aromatic carbocycles. The Morgan fingerprint density at radius 3 is 1.18 bits per heavy atom. The fraction of sp³-hybridized carbons (Fsp3) is 0.0909. The largest absolute Gasteiger partial charge is 0.478 e. The molecule has 2 aliphatic heterocycles. The molecule has 2 atom stereocenters. The van der Waals surface area contributed by atoms with Crippen LogP contribution in [0.2, 0.25) is 0 Å². The average Bonchev–Trinajstić information content (AvgIpc) is 3.90. The van der Waals surface area contributed by atoms with Gasteiger partial charge in [-0.3, -0.25) is 0 Å². The maximum Gasteiger partial charge on any atom is 0.335 e. The molecule has 0 spiro atoms. The van der Waals surface area contributed by atoms with Gasteiger partial charge >= 0.3 is 11.9 Å². The molecule has 6 aromatic rings. The summed E-state index contributed by atoms with van der Waals surface area (Å²) in [4.78, 5) is 33.0. The van der Waals surface area contributed by atoms with E-state index in [-0.39, 0.29) is 23.3 Å². The van der Waals surface area contributed by atoms with E-state index in [2.05, 4.69) is 10.3 Å². The molecule has 0 bridgehead atoms. The molecule has 2 heterocycles. The van der Waals surface area contributed by atoms with Crippen molar-refractivity contribution in [3.05, 3.63) is 180 Å². The Labute approximate surface area is 321 Å². The lowest BCUT2D eigenvalue weighted by Crippen LogP contribution is -2.08. The Morgan fingerprint density at radius 1 is 0.446 bits per heavy atom. The molecule has 0 unspecified atom stereocenters. The van der Waals surface area contributed by atoms with E-state index >= 15 is 0 Å². The van der Waals surface area contributed by atoms with Crippen molar-refractivity contribution in [2.45, 2.75) is 25.0 Å². The number of hydrogen-bond acceptors (Lipinski definition) is 10. The third-order valence-electron chi connectivity index (χ3n) is 8.38. The molecule has 0 amide bonds. The molecule has 8 rings (SSSR count). The van der Waals surface area contributed by atoms with Gasteiger partial charge in [-0.1, -0.05) is 83.1 Å². The molecule has 0 saturated carbocycles. The minimum Gasteiger partial charge on any atom is -0.478 e. The minimum absolute atomic E-state index is 0.155. The number of ether oxygens (including phenoxy) is 4. The molecule has 2 aliphatic rings. The highest BCUT2D eigenvalue weighted by atomic mass is 16.7. The number of aromatic carboxylic acids is 2. The number of carboxylic acids is 2. The second-order valence-electron chi connectivity index (χ2n) is 12.4. The maximum absolute atomic E-state index is 11.0. The highest BCUT2D eigenvalue weighted by Gasteiger charge is 2.26. The van der Waals surface area contributed by atoms with E-state index in [0.29, 0.717) is 36.1 Å². The van der Waals surface area contributed by atoms with Gasteiger partial charge in [0.25, 0.3) is 0 Å². The predicted molar refractivity (Wildman–Crippen MR) is 206 cm³/mol. The van der Waals surface area contributed by atoms with Crippen molar-refractivity contribution in [3.8, 4) is 34.5 Å². The van der Waals surface area contributed by atoms with Crippen molar-refractivity contribution in [2.75, 3.05) is 0 Å². The van der Waals surface area contributed by atoms with Crippen LogP contribution in [0.15, 0.2) is 168 Å². The predicted octanol–water partition coefficient (Wildman–Crippen LogP) is 10.1. The molecule has 280 valence electrons. The Balaban J connectivity index is 0.000000172. The summed E-state index contributed by atoms with van der Waals surface area (Å²) in [5.41, 5.74) is 2.20. The lowest BCUT2D eigenvalue weighted by molar-refractivity contribution is 0.0686. The van der Waals surface area contributed by atoms with E-state index < -0.39 is 11.9 Å². The summed E-state index contributed by atoms with van der Waals surface area (Å²) < 4.78 is 22.9. The Morgan fingerprint density at radius 2 is 0.804 bits per heavy atom. The van der Waals surface area contributed by atoms with Crippen LogP contribution < -0.4 is 18.9 Å². The SMILES string of the molecule is O=C(O)c1cccc(OC2=NO[C@@H](c3ccc(Oc4ccccc4)cc3)C2)c1.O=C(O)c1cccc(OC2=NO[C@H](c3ccc(Oc4ccccc4)cc3)C2)c1. The van der Waals surface area contributed by atoms with Crippen LogP contribution in [0.25, 0.3) is 0 Å². The van der Waals surface area contributed by atoms with Crippen molar-refractivity contribution in [3.63, 3.8) is 0 Å². The summed E-state index contributed by atoms with van der Waals surface area (Å²) in [5.74, 6) is 2.62. The van der Waals surface area contributed by atoms with Gasteiger partial charge < -0.3 is 38.8 Å². The third kappa shape index (κ3) is 9.88. The monoisotopic (exact) mass is 750 g/mol. The number of oxime groups is 2. The van der Waals surface area contributed by atoms with Crippen LogP contribution in [0.1, 0.15) is 56.9 Å². The van der Waals surface area contributed by atoms with Gasteiger partial charge in [-0.25, -0.2) is 9.59 Å². The van der Waals surface area contributed by atoms with Crippen molar-refractivity contribution in [1.29, 1.82) is 0 Å². The van der Waals surface area contributed by atoms with Crippen molar-refractivity contribution in [2.24, 2.45) is 10.3 Å². The number of nitrogens with zero attached hydrogens (tertiary/aromatic N) is 2. The zero-order chi connectivity index (χ0) is 38.7. The highest BCUT2D eigenvalue weighted by molar-refractivity contribution is 5.89. The highest BCUT2D eigenvalue weighted by Crippen LogP contribution is 2.32. The van der Waals surface area contributed by atoms with Crippen molar-refractivity contribution in [1.82, 2.24) is 0 Å². The lowest BCUT2D eigenvalue weighted by atomic mass is 10.1. The zero-order valence-corrected chi connectivity index (χ0v) is 29.6. The first-order chi connectivity index (χ1) is 27.3. The molecule has 12 nitrogen and oxygen atoms in total. The van der Waals surface area contributed by atoms with Gasteiger partial charge in [0.2, 0.25) is 11.8 Å². The summed E-state index contributed by atoms with van der Waals surface area (Å²) in [6, 6.07) is 46.8. The topological polar surface area (TPSA) is 155 Å². The Hall–Kier alpha value is -7.60. The first-order valence-electron chi connectivity index (χ1n) is 17.5. The summed E-state index contributed by atoms with van der Waals surface area (Å²) >= 11 is 0. The van der Waals surface area contributed by atoms with E-state index in [1.807, 2.05) is 109 Å². The van der Waals surface area contributed by atoms with E-state index in [0.717, 1.165) is 34.1 Å². The second kappa shape index (κ2) is 17.5. The van der Waals surface area contributed by atoms with Crippen LogP contribution in [0.4, 0.5) is 0 Å². The maximum atomic E-state index is 11.0.